The van der Waals surface area contributed by atoms with Gasteiger partial charge in [0.15, 0.2) is 0 Å². The molecule has 0 aliphatic carbocycles. The van der Waals surface area contributed by atoms with Crippen molar-refractivity contribution in [1.29, 1.82) is 0 Å². The lowest BCUT2D eigenvalue weighted by Gasteiger charge is -2.00. The van der Waals surface area contributed by atoms with Crippen molar-refractivity contribution in [2.24, 2.45) is 0 Å². The van der Waals surface area contributed by atoms with Gasteiger partial charge in [0.2, 0.25) is 0 Å². The number of pyridine rings is 1. The van der Waals surface area contributed by atoms with Gasteiger partial charge in [0.25, 0.3) is 5.56 Å². The van der Waals surface area contributed by atoms with Gasteiger partial charge in [-0.1, -0.05) is 12.1 Å². The van der Waals surface area contributed by atoms with Gasteiger partial charge in [-0.2, -0.15) is 5.10 Å². The number of aromatic amines is 2. The average Bonchev–Trinajstić information content (AvgIpc) is 3.04. The number of fused-ring (bicyclic) bond motifs is 2. The number of nitrogens with zero attached hydrogens (tertiary/aromatic N) is 1. The van der Waals surface area contributed by atoms with Crippen LogP contribution in [0.15, 0.2) is 46.8 Å². The van der Waals surface area contributed by atoms with Gasteiger partial charge in [-0.3, -0.25) is 9.89 Å². The molecule has 0 aliphatic heterocycles. The molecule has 0 atom stereocenters. The van der Waals surface area contributed by atoms with E-state index in [9.17, 15) is 4.79 Å². The number of rotatable bonds is 1. The molecular formula is C14H9N3OS. The van der Waals surface area contributed by atoms with Crippen LogP contribution in [-0.2, 0) is 0 Å². The van der Waals surface area contributed by atoms with Crippen molar-refractivity contribution in [3.63, 3.8) is 0 Å². The van der Waals surface area contributed by atoms with Crippen molar-refractivity contribution in [2.45, 2.75) is 0 Å². The van der Waals surface area contributed by atoms with Crippen LogP contribution in [0.25, 0.3) is 32.1 Å². The molecule has 1 aromatic carbocycles. The lowest BCUT2D eigenvalue weighted by molar-refractivity contribution is 1.12. The van der Waals surface area contributed by atoms with Crippen LogP contribution in [0.4, 0.5) is 0 Å². The maximum Gasteiger partial charge on any atom is 0.265 e. The Morgan fingerprint density at radius 1 is 1.21 bits per heavy atom. The van der Waals surface area contributed by atoms with Gasteiger partial charge in [-0.05, 0) is 17.7 Å². The van der Waals surface area contributed by atoms with Crippen molar-refractivity contribution in [3.05, 3.63) is 52.4 Å². The summed E-state index contributed by atoms with van der Waals surface area (Å²) in [5.41, 5.74) is 3.15. The second-order valence-corrected chi connectivity index (χ2v) is 5.25. The molecule has 2 N–H and O–H groups in total. The number of benzene rings is 1. The Kier molecular flexibility index (Phi) is 2.10. The SMILES string of the molecule is O=c1[nH]ccc2c(-c3ccc4cn[nH]c4c3)csc12. The van der Waals surface area contributed by atoms with Crippen LogP contribution in [0.3, 0.4) is 0 Å². The first-order valence-corrected chi connectivity index (χ1v) is 6.73. The van der Waals surface area contributed by atoms with Gasteiger partial charge in [0.05, 0.1) is 11.7 Å². The molecule has 92 valence electrons. The highest BCUT2D eigenvalue weighted by Crippen LogP contribution is 2.32. The van der Waals surface area contributed by atoms with Gasteiger partial charge < -0.3 is 4.98 Å². The first kappa shape index (κ1) is 10.5. The molecule has 0 fully saturated rings. The Hall–Kier alpha value is -2.40. The highest BCUT2D eigenvalue weighted by atomic mass is 32.1. The normalized spacial score (nSPS) is 11.4. The number of nitrogens with one attached hydrogen (secondary N) is 2. The quantitative estimate of drug-likeness (QED) is 0.556. The Balaban J connectivity index is 2.03. The first-order valence-electron chi connectivity index (χ1n) is 5.85. The highest BCUT2D eigenvalue weighted by Gasteiger charge is 2.09. The van der Waals surface area contributed by atoms with E-state index in [0.29, 0.717) is 0 Å². The van der Waals surface area contributed by atoms with Crippen LogP contribution in [-0.4, -0.2) is 15.2 Å². The third kappa shape index (κ3) is 1.52. The standard InChI is InChI=1S/C14H9N3OS/c18-14-13-10(3-4-15-14)11(7-19-13)8-1-2-9-6-16-17-12(9)5-8/h1-7H,(H,15,18)(H,16,17). The van der Waals surface area contributed by atoms with Crippen LogP contribution in [0.2, 0.25) is 0 Å². The Bertz CT molecular complexity index is 948. The lowest BCUT2D eigenvalue weighted by atomic mass is 10.0. The minimum atomic E-state index is -0.0311. The summed E-state index contributed by atoms with van der Waals surface area (Å²) in [4.78, 5) is 14.4. The van der Waals surface area contributed by atoms with E-state index in [1.165, 1.54) is 11.3 Å². The summed E-state index contributed by atoms with van der Waals surface area (Å²) in [6, 6.07) is 8.09. The largest absolute Gasteiger partial charge is 0.328 e. The minimum Gasteiger partial charge on any atom is -0.328 e. The topological polar surface area (TPSA) is 61.5 Å². The molecule has 0 bridgehead atoms. The molecule has 3 aromatic heterocycles. The van der Waals surface area contributed by atoms with E-state index in [-0.39, 0.29) is 5.56 Å². The summed E-state index contributed by atoms with van der Waals surface area (Å²) >= 11 is 1.47. The number of thiophene rings is 1. The van der Waals surface area contributed by atoms with Gasteiger partial charge >= 0.3 is 0 Å². The van der Waals surface area contributed by atoms with Crippen molar-refractivity contribution < 1.29 is 0 Å². The summed E-state index contributed by atoms with van der Waals surface area (Å²) in [5, 5.41) is 11.1. The number of hydrogen-bond acceptors (Lipinski definition) is 3. The fraction of sp³-hybridized carbons (Fsp3) is 0. The maximum atomic E-state index is 11.7. The van der Waals surface area contributed by atoms with Crippen molar-refractivity contribution in [1.82, 2.24) is 15.2 Å². The second kappa shape index (κ2) is 3.80. The zero-order chi connectivity index (χ0) is 12.8. The fourth-order valence-electron chi connectivity index (χ4n) is 2.30. The molecule has 4 rings (SSSR count). The molecule has 4 aromatic rings. The van der Waals surface area contributed by atoms with E-state index in [0.717, 1.165) is 32.1 Å². The Labute approximate surface area is 111 Å². The Morgan fingerprint density at radius 3 is 3.11 bits per heavy atom. The number of H-pyrrole nitrogens is 2. The van der Waals surface area contributed by atoms with Gasteiger partial charge in [0, 0.05) is 27.9 Å². The third-order valence-corrected chi connectivity index (χ3v) is 4.25. The molecule has 0 unspecified atom stereocenters. The van der Waals surface area contributed by atoms with Gasteiger partial charge in [-0.25, -0.2) is 0 Å². The number of hydrogen-bond donors (Lipinski definition) is 2. The van der Waals surface area contributed by atoms with Crippen molar-refractivity contribution in [3.8, 4) is 11.1 Å². The van der Waals surface area contributed by atoms with Crippen molar-refractivity contribution >= 4 is 32.3 Å². The first-order chi connectivity index (χ1) is 9.33. The summed E-state index contributed by atoms with van der Waals surface area (Å²) in [7, 11) is 0. The van der Waals surface area contributed by atoms with E-state index in [1.807, 2.05) is 17.5 Å². The lowest BCUT2D eigenvalue weighted by Crippen LogP contribution is -2.01. The molecule has 3 heterocycles. The van der Waals surface area contributed by atoms with Crippen LogP contribution >= 0.6 is 11.3 Å². The molecule has 4 nitrogen and oxygen atoms in total. The van der Waals surface area contributed by atoms with E-state index in [1.54, 1.807) is 12.4 Å². The average molecular weight is 267 g/mol. The summed E-state index contributed by atoms with van der Waals surface area (Å²) < 4.78 is 0.766. The molecule has 0 saturated carbocycles. The van der Waals surface area contributed by atoms with Gasteiger partial charge in [0.1, 0.15) is 4.70 Å². The van der Waals surface area contributed by atoms with Crippen LogP contribution in [0.1, 0.15) is 0 Å². The van der Waals surface area contributed by atoms with Crippen LogP contribution in [0.5, 0.6) is 0 Å². The zero-order valence-corrected chi connectivity index (χ0v) is 10.6. The molecule has 0 aliphatic rings. The summed E-state index contributed by atoms with van der Waals surface area (Å²) in [6.07, 6.45) is 3.49. The van der Waals surface area contributed by atoms with Crippen LogP contribution in [0, 0.1) is 0 Å². The predicted molar refractivity (Wildman–Crippen MR) is 77.5 cm³/mol. The molecule has 0 spiro atoms. The smallest absolute Gasteiger partial charge is 0.265 e. The summed E-state index contributed by atoms with van der Waals surface area (Å²) in [6.45, 7) is 0. The van der Waals surface area contributed by atoms with E-state index < -0.39 is 0 Å². The zero-order valence-electron chi connectivity index (χ0n) is 9.81. The monoisotopic (exact) mass is 267 g/mol. The highest BCUT2D eigenvalue weighted by molar-refractivity contribution is 7.17. The third-order valence-electron chi connectivity index (χ3n) is 3.25. The van der Waals surface area contributed by atoms with Crippen LogP contribution < -0.4 is 5.56 Å². The molecule has 0 radical (unpaired) electrons. The fourth-order valence-corrected chi connectivity index (χ4v) is 3.27. The van der Waals surface area contributed by atoms with E-state index in [2.05, 4.69) is 27.3 Å². The number of aromatic nitrogens is 3. The van der Waals surface area contributed by atoms with Crippen molar-refractivity contribution in [2.75, 3.05) is 0 Å². The van der Waals surface area contributed by atoms with E-state index in [4.69, 9.17) is 0 Å². The molecule has 0 amide bonds. The minimum absolute atomic E-state index is 0.0311. The summed E-state index contributed by atoms with van der Waals surface area (Å²) in [5.74, 6) is 0. The molecule has 19 heavy (non-hydrogen) atoms. The molecular weight excluding hydrogens is 258 g/mol. The van der Waals surface area contributed by atoms with E-state index >= 15 is 0 Å². The van der Waals surface area contributed by atoms with Gasteiger partial charge in [-0.15, -0.1) is 11.3 Å². The molecule has 5 heteroatoms. The second-order valence-electron chi connectivity index (χ2n) is 4.37. The maximum absolute atomic E-state index is 11.7. The Morgan fingerprint density at radius 2 is 2.16 bits per heavy atom. The predicted octanol–water partition coefficient (Wildman–Crippen LogP) is 3.13. The molecule has 0 saturated heterocycles.